The fraction of sp³-hybridized carbons (Fsp3) is 0.278. The van der Waals surface area contributed by atoms with E-state index >= 15 is 0 Å². The normalized spacial score (nSPS) is 13.1. The Bertz CT molecular complexity index is 674. The lowest BCUT2D eigenvalue weighted by molar-refractivity contribution is 0.0643. The quantitative estimate of drug-likeness (QED) is 0.808. The third-order valence-corrected chi connectivity index (χ3v) is 4.37. The molecule has 2 aromatic carbocycles. The molecular formula is C18H22N2O3S. The van der Waals surface area contributed by atoms with Gasteiger partial charge >= 0.3 is 6.03 Å². The minimum Gasteiger partial charge on any atom is -0.372 e. The number of nitrogens with one attached hydrogen (secondary N) is 2. The zero-order chi connectivity index (χ0) is 17.4. The molecule has 0 saturated carbocycles. The van der Waals surface area contributed by atoms with Crippen LogP contribution in [0.15, 0.2) is 59.5 Å². The number of amides is 2. The Morgan fingerprint density at radius 1 is 1.12 bits per heavy atom. The van der Waals surface area contributed by atoms with Crippen LogP contribution in [0.25, 0.3) is 0 Å². The number of hydrogen-bond donors (Lipinski definition) is 2. The number of hydrogen-bond acceptors (Lipinski definition) is 3. The number of rotatable bonds is 7. The molecule has 0 fully saturated rings. The van der Waals surface area contributed by atoms with Crippen molar-refractivity contribution in [2.24, 2.45) is 0 Å². The van der Waals surface area contributed by atoms with E-state index in [1.165, 1.54) is 0 Å². The highest BCUT2D eigenvalue weighted by atomic mass is 32.2. The van der Waals surface area contributed by atoms with E-state index in [-0.39, 0.29) is 12.1 Å². The van der Waals surface area contributed by atoms with Crippen LogP contribution in [0.1, 0.15) is 18.6 Å². The van der Waals surface area contributed by atoms with Gasteiger partial charge < -0.3 is 15.4 Å². The maximum absolute atomic E-state index is 12.0. The van der Waals surface area contributed by atoms with Crippen LogP contribution in [-0.4, -0.2) is 29.6 Å². The summed E-state index contributed by atoms with van der Waals surface area (Å²) in [5.41, 5.74) is 1.67. The Labute approximate surface area is 144 Å². The van der Waals surface area contributed by atoms with E-state index in [4.69, 9.17) is 4.74 Å². The first-order chi connectivity index (χ1) is 11.6. The van der Waals surface area contributed by atoms with Gasteiger partial charge in [0.2, 0.25) is 0 Å². The highest BCUT2D eigenvalue weighted by Crippen LogP contribution is 2.16. The van der Waals surface area contributed by atoms with Gasteiger partial charge in [0.25, 0.3) is 0 Å². The van der Waals surface area contributed by atoms with Gasteiger partial charge in [-0.3, -0.25) is 4.21 Å². The van der Waals surface area contributed by atoms with Gasteiger partial charge in [-0.05, 0) is 36.8 Å². The van der Waals surface area contributed by atoms with E-state index in [2.05, 4.69) is 10.6 Å². The predicted molar refractivity (Wildman–Crippen MR) is 96.6 cm³/mol. The average Bonchev–Trinajstić information content (AvgIpc) is 2.60. The SMILES string of the molecule is CCO[C@@H](CNC(=O)Nc1ccc([S@](C)=O)cc1)c1ccccc1. The van der Waals surface area contributed by atoms with E-state index < -0.39 is 10.8 Å². The lowest BCUT2D eigenvalue weighted by atomic mass is 10.1. The van der Waals surface area contributed by atoms with Crippen molar-refractivity contribution in [2.75, 3.05) is 24.7 Å². The number of anilines is 1. The molecule has 0 radical (unpaired) electrons. The largest absolute Gasteiger partial charge is 0.372 e. The highest BCUT2D eigenvalue weighted by molar-refractivity contribution is 7.84. The second-order valence-electron chi connectivity index (χ2n) is 5.17. The van der Waals surface area contributed by atoms with E-state index in [1.807, 2.05) is 37.3 Å². The van der Waals surface area contributed by atoms with Gasteiger partial charge in [0.1, 0.15) is 0 Å². The van der Waals surface area contributed by atoms with Gasteiger partial charge in [0.15, 0.2) is 0 Å². The summed E-state index contributed by atoms with van der Waals surface area (Å²) < 4.78 is 17.0. The van der Waals surface area contributed by atoms with Crippen LogP contribution >= 0.6 is 0 Å². The molecule has 6 heteroatoms. The van der Waals surface area contributed by atoms with Crippen molar-refractivity contribution in [1.82, 2.24) is 5.32 Å². The smallest absolute Gasteiger partial charge is 0.319 e. The molecular weight excluding hydrogens is 324 g/mol. The van der Waals surface area contributed by atoms with Crippen molar-refractivity contribution in [2.45, 2.75) is 17.9 Å². The summed E-state index contributed by atoms with van der Waals surface area (Å²) in [5.74, 6) is 0. The van der Waals surface area contributed by atoms with Crippen LogP contribution in [0.4, 0.5) is 10.5 Å². The summed E-state index contributed by atoms with van der Waals surface area (Å²) in [6.45, 7) is 2.87. The van der Waals surface area contributed by atoms with Crippen LogP contribution in [0, 0.1) is 0 Å². The van der Waals surface area contributed by atoms with Gasteiger partial charge in [-0.25, -0.2) is 4.79 Å². The molecule has 0 spiro atoms. The Hall–Kier alpha value is -2.18. The molecule has 2 rings (SSSR count). The van der Waals surface area contributed by atoms with Gasteiger partial charge in [-0.2, -0.15) is 0 Å². The number of carbonyl (C=O) groups excluding carboxylic acids is 1. The zero-order valence-corrected chi connectivity index (χ0v) is 14.6. The standard InChI is InChI=1S/C18H22N2O3S/c1-3-23-17(14-7-5-4-6-8-14)13-19-18(21)20-15-9-11-16(12-10-15)24(2)22/h4-12,17H,3,13H2,1-2H3,(H2,19,20,21)/t17-,24-/m0/s1. The zero-order valence-electron chi connectivity index (χ0n) is 13.8. The van der Waals surface area contributed by atoms with Crippen LogP contribution in [0.5, 0.6) is 0 Å². The molecule has 0 aliphatic carbocycles. The van der Waals surface area contributed by atoms with Crippen molar-refractivity contribution in [3.05, 3.63) is 60.2 Å². The first-order valence-corrected chi connectivity index (χ1v) is 9.31. The van der Waals surface area contributed by atoms with Crippen molar-refractivity contribution >= 4 is 22.5 Å². The first kappa shape index (κ1) is 18.2. The van der Waals surface area contributed by atoms with Crippen LogP contribution in [-0.2, 0) is 15.5 Å². The van der Waals surface area contributed by atoms with E-state index in [0.29, 0.717) is 18.8 Å². The lowest BCUT2D eigenvalue weighted by Crippen LogP contribution is -2.33. The summed E-state index contributed by atoms with van der Waals surface area (Å²) in [6, 6.07) is 16.4. The fourth-order valence-electron chi connectivity index (χ4n) is 2.23. The number of ether oxygens (including phenoxy) is 1. The molecule has 5 nitrogen and oxygen atoms in total. The maximum atomic E-state index is 12.0. The molecule has 2 N–H and O–H groups in total. The molecule has 0 aliphatic rings. The van der Waals surface area contributed by atoms with Gasteiger partial charge in [0.05, 0.1) is 6.10 Å². The number of urea groups is 1. The van der Waals surface area contributed by atoms with Crippen molar-refractivity contribution in [3.63, 3.8) is 0 Å². The monoisotopic (exact) mass is 346 g/mol. The molecule has 0 saturated heterocycles. The predicted octanol–water partition coefficient (Wildman–Crippen LogP) is 3.32. The van der Waals surface area contributed by atoms with E-state index in [1.54, 1.807) is 30.5 Å². The van der Waals surface area contributed by atoms with Crippen molar-refractivity contribution in [3.8, 4) is 0 Å². The topological polar surface area (TPSA) is 67.4 Å². The molecule has 0 bridgehead atoms. The molecule has 2 aromatic rings. The molecule has 24 heavy (non-hydrogen) atoms. The molecule has 0 heterocycles. The van der Waals surface area contributed by atoms with E-state index in [9.17, 15) is 9.00 Å². The Morgan fingerprint density at radius 2 is 1.79 bits per heavy atom. The van der Waals surface area contributed by atoms with Crippen LogP contribution in [0.2, 0.25) is 0 Å². The molecule has 0 aromatic heterocycles. The number of carbonyl (C=O) groups is 1. The first-order valence-electron chi connectivity index (χ1n) is 7.75. The summed E-state index contributed by atoms with van der Waals surface area (Å²) in [4.78, 5) is 12.8. The average molecular weight is 346 g/mol. The second-order valence-corrected chi connectivity index (χ2v) is 6.55. The summed E-state index contributed by atoms with van der Waals surface area (Å²) >= 11 is 0. The van der Waals surface area contributed by atoms with Crippen LogP contribution < -0.4 is 10.6 Å². The number of benzene rings is 2. The molecule has 2 atom stereocenters. The van der Waals surface area contributed by atoms with Gasteiger partial charge in [-0.15, -0.1) is 0 Å². The minimum atomic E-state index is -1.03. The minimum absolute atomic E-state index is 0.188. The molecule has 0 aliphatic heterocycles. The summed E-state index contributed by atoms with van der Waals surface area (Å²) in [5, 5.41) is 5.57. The maximum Gasteiger partial charge on any atom is 0.319 e. The molecule has 2 amide bonds. The van der Waals surface area contributed by atoms with Crippen molar-refractivity contribution < 1.29 is 13.7 Å². The molecule has 128 valence electrons. The van der Waals surface area contributed by atoms with Crippen molar-refractivity contribution in [1.29, 1.82) is 0 Å². The summed E-state index contributed by atoms with van der Waals surface area (Å²) in [6.07, 6.45) is 1.43. The Kier molecular flexibility index (Phi) is 6.96. The third-order valence-electron chi connectivity index (χ3n) is 3.43. The Morgan fingerprint density at radius 3 is 2.38 bits per heavy atom. The van der Waals surface area contributed by atoms with E-state index in [0.717, 1.165) is 10.5 Å². The molecule has 0 unspecified atom stereocenters. The lowest BCUT2D eigenvalue weighted by Gasteiger charge is -2.18. The summed E-state index contributed by atoms with van der Waals surface area (Å²) in [7, 11) is -1.03. The van der Waals surface area contributed by atoms with Gasteiger partial charge in [0, 0.05) is 40.8 Å². The van der Waals surface area contributed by atoms with Gasteiger partial charge in [-0.1, -0.05) is 30.3 Å². The van der Waals surface area contributed by atoms with Crippen LogP contribution in [0.3, 0.4) is 0 Å². The third kappa shape index (κ3) is 5.47. The Balaban J connectivity index is 1.90. The fourth-order valence-corrected chi connectivity index (χ4v) is 2.75. The second kappa shape index (κ2) is 9.20. The highest BCUT2D eigenvalue weighted by Gasteiger charge is 2.12.